The third kappa shape index (κ3) is 7.12. The van der Waals surface area contributed by atoms with E-state index in [0.717, 1.165) is 16.6 Å². The van der Waals surface area contributed by atoms with Gasteiger partial charge in [-0.15, -0.1) is 0 Å². The van der Waals surface area contributed by atoms with Crippen LogP contribution in [0.1, 0.15) is 36.5 Å². The lowest BCUT2D eigenvalue weighted by Gasteiger charge is -2.41. The average Bonchev–Trinajstić information content (AvgIpc) is 3.35. The first-order chi connectivity index (χ1) is 20.3. The van der Waals surface area contributed by atoms with Crippen molar-refractivity contribution in [1.29, 1.82) is 0 Å². The predicted molar refractivity (Wildman–Crippen MR) is 162 cm³/mol. The standard InChI is InChI=1S/C30H34N6O5S/c1-20(37)33-21-9-10-23-25(17-21)42-29(34-23)35-26(38)18-36-15-6-12-30(19-36)11-4-5-16-41-24-8-3-2-7-22(24)27(39)31-13-14-32-28(30)40/h2-5,7-10,17H,6,11-16,18-19H2,1H3,(H,31,39)(H,32,40)(H,33,37)(H,34,35,38)/b5-4-. The summed E-state index contributed by atoms with van der Waals surface area (Å²) in [6, 6.07) is 12.5. The summed E-state index contributed by atoms with van der Waals surface area (Å²) in [5.74, 6) is -0.210. The van der Waals surface area contributed by atoms with Crippen molar-refractivity contribution in [3.63, 3.8) is 0 Å². The van der Waals surface area contributed by atoms with Crippen LogP contribution in [0.15, 0.2) is 54.6 Å². The monoisotopic (exact) mass is 590 g/mol. The fourth-order valence-electron chi connectivity index (χ4n) is 5.36. The minimum atomic E-state index is -0.711. The van der Waals surface area contributed by atoms with Gasteiger partial charge in [0.05, 0.1) is 27.7 Å². The van der Waals surface area contributed by atoms with Crippen molar-refractivity contribution < 1.29 is 23.9 Å². The molecule has 5 rings (SSSR count). The Morgan fingerprint density at radius 1 is 1.10 bits per heavy atom. The number of aromatic nitrogens is 1. The highest BCUT2D eigenvalue weighted by atomic mass is 32.1. The topological polar surface area (TPSA) is 142 Å². The van der Waals surface area contributed by atoms with Gasteiger partial charge < -0.3 is 26.0 Å². The number of hydrogen-bond donors (Lipinski definition) is 4. The molecule has 220 valence electrons. The number of fused-ring (bicyclic) bond motifs is 2. The van der Waals surface area contributed by atoms with E-state index in [1.807, 2.05) is 29.2 Å². The number of thiazole rings is 1. The van der Waals surface area contributed by atoms with Crippen LogP contribution in [-0.4, -0.2) is 72.8 Å². The number of allylic oxidation sites excluding steroid dienone is 1. The highest BCUT2D eigenvalue weighted by Crippen LogP contribution is 2.35. The minimum absolute atomic E-state index is 0.0916. The normalized spacial score (nSPS) is 20.9. The number of nitrogens with one attached hydrogen (secondary N) is 4. The van der Waals surface area contributed by atoms with Crippen LogP contribution in [0.25, 0.3) is 10.2 Å². The summed E-state index contributed by atoms with van der Waals surface area (Å²) in [5, 5.41) is 12.0. The molecule has 2 aliphatic heterocycles. The van der Waals surface area contributed by atoms with Gasteiger partial charge in [0, 0.05) is 32.2 Å². The van der Waals surface area contributed by atoms with Gasteiger partial charge in [0.25, 0.3) is 5.91 Å². The molecule has 1 aromatic heterocycles. The molecule has 4 amide bonds. The van der Waals surface area contributed by atoms with Crippen LogP contribution in [0, 0.1) is 5.41 Å². The van der Waals surface area contributed by atoms with Crippen LogP contribution in [0.4, 0.5) is 10.8 Å². The lowest BCUT2D eigenvalue weighted by molar-refractivity contribution is -0.135. The van der Waals surface area contributed by atoms with Crippen LogP contribution in [-0.2, 0) is 14.4 Å². The van der Waals surface area contributed by atoms with Gasteiger partial charge in [0.1, 0.15) is 12.4 Å². The number of para-hydroxylation sites is 1. The minimum Gasteiger partial charge on any atom is -0.489 e. The van der Waals surface area contributed by atoms with Crippen molar-refractivity contribution in [2.24, 2.45) is 5.41 Å². The number of carbonyl (C=O) groups is 4. The highest BCUT2D eigenvalue weighted by molar-refractivity contribution is 7.22. The molecule has 0 saturated carbocycles. The molecule has 0 aliphatic carbocycles. The highest BCUT2D eigenvalue weighted by Gasteiger charge is 2.41. The molecule has 3 aromatic rings. The Hall–Kier alpha value is -4.29. The molecule has 2 aliphatic rings. The van der Waals surface area contributed by atoms with Crippen LogP contribution in [0.3, 0.4) is 0 Å². The first-order valence-electron chi connectivity index (χ1n) is 13.9. The number of anilines is 2. The molecule has 11 nitrogen and oxygen atoms in total. The largest absolute Gasteiger partial charge is 0.489 e. The predicted octanol–water partition coefficient (Wildman–Crippen LogP) is 3.16. The molecule has 42 heavy (non-hydrogen) atoms. The Morgan fingerprint density at radius 3 is 2.79 bits per heavy atom. The molecule has 0 bridgehead atoms. The maximum atomic E-state index is 13.5. The smallest absolute Gasteiger partial charge is 0.255 e. The van der Waals surface area contributed by atoms with Gasteiger partial charge in [0.15, 0.2) is 5.13 Å². The number of carbonyl (C=O) groups excluding carboxylic acids is 4. The second kappa shape index (κ2) is 13.1. The van der Waals surface area contributed by atoms with Gasteiger partial charge in [-0.1, -0.05) is 35.6 Å². The molecule has 1 fully saturated rings. The molecular formula is C30H34N6O5S. The van der Waals surface area contributed by atoms with E-state index < -0.39 is 5.41 Å². The number of amides is 4. The fraction of sp³-hybridized carbons (Fsp3) is 0.367. The molecule has 1 unspecified atom stereocenters. The summed E-state index contributed by atoms with van der Waals surface area (Å²) in [6.07, 6.45) is 5.77. The summed E-state index contributed by atoms with van der Waals surface area (Å²) < 4.78 is 6.69. The second-order valence-corrected chi connectivity index (χ2v) is 11.6. The molecule has 12 heteroatoms. The lowest BCUT2D eigenvalue weighted by Crippen LogP contribution is -2.53. The maximum Gasteiger partial charge on any atom is 0.255 e. The SMILES string of the molecule is CC(=O)Nc1ccc2nc(NC(=O)CN3CCCC4(C/C=C\COc5ccccc5C(=O)NCCNC4=O)C3)sc2c1. The molecule has 2 aromatic carbocycles. The Labute approximate surface area is 247 Å². The van der Waals surface area contributed by atoms with Gasteiger partial charge in [0.2, 0.25) is 17.7 Å². The van der Waals surface area contributed by atoms with E-state index in [-0.39, 0.29) is 43.3 Å². The van der Waals surface area contributed by atoms with Gasteiger partial charge in [-0.2, -0.15) is 0 Å². The van der Waals surface area contributed by atoms with E-state index in [0.29, 0.717) is 54.6 Å². The molecule has 3 heterocycles. The number of nitrogens with zero attached hydrogens (tertiary/aromatic N) is 2. The third-order valence-electron chi connectivity index (χ3n) is 7.30. The fourth-order valence-corrected chi connectivity index (χ4v) is 6.28. The number of piperidine rings is 1. The lowest BCUT2D eigenvalue weighted by atomic mass is 9.76. The molecule has 0 radical (unpaired) electrons. The molecule has 1 spiro atoms. The van der Waals surface area contributed by atoms with E-state index in [4.69, 9.17) is 4.74 Å². The summed E-state index contributed by atoms with van der Waals surface area (Å²) in [7, 11) is 0. The van der Waals surface area contributed by atoms with Gasteiger partial charge >= 0.3 is 0 Å². The number of rotatable bonds is 4. The molecule has 1 saturated heterocycles. The van der Waals surface area contributed by atoms with Gasteiger partial charge in [-0.05, 0) is 56.1 Å². The summed E-state index contributed by atoms with van der Waals surface area (Å²) in [4.78, 5) is 57.0. The zero-order valence-corrected chi connectivity index (χ0v) is 24.2. The van der Waals surface area contributed by atoms with Crippen LogP contribution in [0.2, 0.25) is 0 Å². The Kier molecular flexibility index (Phi) is 9.13. The number of ether oxygens (including phenoxy) is 1. The zero-order valence-electron chi connectivity index (χ0n) is 23.4. The van der Waals surface area contributed by atoms with Crippen LogP contribution < -0.4 is 26.0 Å². The van der Waals surface area contributed by atoms with E-state index in [1.54, 1.807) is 30.3 Å². The van der Waals surface area contributed by atoms with Crippen molar-refractivity contribution in [2.75, 3.05) is 50.0 Å². The third-order valence-corrected chi connectivity index (χ3v) is 8.23. The maximum absolute atomic E-state index is 13.5. The van der Waals surface area contributed by atoms with Crippen molar-refractivity contribution in [3.05, 3.63) is 60.2 Å². The van der Waals surface area contributed by atoms with Gasteiger partial charge in [-0.25, -0.2) is 4.98 Å². The Bertz CT molecular complexity index is 1520. The van der Waals surface area contributed by atoms with Crippen molar-refractivity contribution in [1.82, 2.24) is 20.5 Å². The molecular weight excluding hydrogens is 556 g/mol. The number of benzene rings is 2. The van der Waals surface area contributed by atoms with E-state index >= 15 is 0 Å². The van der Waals surface area contributed by atoms with Crippen molar-refractivity contribution >= 4 is 56.0 Å². The molecule has 4 N–H and O–H groups in total. The van der Waals surface area contributed by atoms with E-state index in [2.05, 4.69) is 26.3 Å². The zero-order chi connectivity index (χ0) is 29.5. The van der Waals surface area contributed by atoms with Crippen molar-refractivity contribution in [3.8, 4) is 5.75 Å². The Balaban J connectivity index is 1.24. The van der Waals surface area contributed by atoms with E-state index in [9.17, 15) is 19.2 Å². The molecule has 1 atom stereocenters. The first-order valence-corrected chi connectivity index (χ1v) is 14.8. The van der Waals surface area contributed by atoms with Gasteiger partial charge in [-0.3, -0.25) is 24.1 Å². The second-order valence-electron chi connectivity index (χ2n) is 10.5. The average molecular weight is 591 g/mol. The van der Waals surface area contributed by atoms with Crippen LogP contribution in [0.5, 0.6) is 5.75 Å². The quantitative estimate of drug-likeness (QED) is 0.342. The van der Waals surface area contributed by atoms with Crippen molar-refractivity contribution in [2.45, 2.75) is 26.2 Å². The summed E-state index contributed by atoms with van der Waals surface area (Å²) in [5.41, 5.74) is 1.14. The van der Waals surface area contributed by atoms with E-state index in [1.165, 1.54) is 18.3 Å². The summed E-state index contributed by atoms with van der Waals surface area (Å²) >= 11 is 1.34. The number of hydrogen-bond acceptors (Lipinski definition) is 8. The Morgan fingerprint density at radius 2 is 1.93 bits per heavy atom. The number of likely N-dealkylation sites (tertiary alicyclic amines) is 1. The van der Waals surface area contributed by atoms with Crippen LogP contribution >= 0.6 is 11.3 Å². The first kappa shape index (κ1) is 29.2. The summed E-state index contributed by atoms with van der Waals surface area (Å²) in [6.45, 7) is 3.54.